The average molecular weight is 251 g/mol. The van der Waals surface area contributed by atoms with Gasteiger partial charge in [-0.1, -0.05) is 18.0 Å². The van der Waals surface area contributed by atoms with E-state index in [2.05, 4.69) is 15.5 Å². The van der Waals surface area contributed by atoms with Crippen molar-refractivity contribution in [3.8, 4) is 0 Å². The van der Waals surface area contributed by atoms with Gasteiger partial charge < -0.3 is 14.6 Å². The summed E-state index contributed by atoms with van der Waals surface area (Å²) in [6.45, 7) is 2.65. The highest BCUT2D eigenvalue weighted by molar-refractivity contribution is 5.00. The van der Waals surface area contributed by atoms with Gasteiger partial charge in [-0.15, -0.1) is 0 Å². The summed E-state index contributed by atoms with van der Waals surface area (Å²) in [5.41, 5.74) is 0. The van der Waals surface area contributed by atoms with Gasteiger partial charge in [0.15, 0.2) is 5.82 Å². The van der Waals surface area contributed by atoms with Crippen LogP contribution in [0.4, 0.5) is 0 Å². The van der Waals surface area contributed by atoms with Gasteiger partial charge in [0, 0.05) is 12.5 Å². The number of nitrogens with one attached hydrogen (secondary N) is 1. The van der Waals surface area contributed by atoms with Crippen LogP contribution in [0.25, 0.3) is 0 Å². The highest BCUT2D eigenvalue weighted by Gasteiger charge is 2.25. The molecule has 18 heavy (non-hydrogen) atoms. The van der Waals surface area contributed by atoms with Gasteiger partial charge in [0.05, 0.1) is 12.6 Å². The van der Waals surface area contributed by atoms with Gasteiger partial charge in [0.1, 0.15) is 0 Å². The van der Waals surface area contributed by atoms with Crippen LogP contribution in [0.5, 0.6) is 0 Å². The Morgan fingerprint density at radius 2 is 2.11 bits per heavy atom. The van der Waals surface area contributed by atoms with Crippen LogP contribution in [0.1, 0.15) is 62.2 Å². The van der Waals surface area contributed by atoms with Crippen LogP contribution in [0.2, 0.25) is 0 Å². The molecule has 1 N–H and O–H groups in total. The van der Waals surface area contributed by atoms with Gasteiger partial charge in [-0.3, -0.25) is 0 Å². The van der Waals surface area contributed by atoms with Gasteiger partial charge in [0.25, 0.3) is 0 Å². The van der Waals surface area contributed by atoms with E-state index in [1.807, 2.05) is 0 Å². The van der Waals surface area contributed by atoms with E-state index in [0.717, 1.165) is 50.7 Å². The van der Waals surface area contributed by atoms with E-state index in [4.69, 9.17) is 9.26 Å². The zero-order chi connectivity index (χ0) is 12.2. The Hall–Kier alpha value is -0.940. The molecule has 2 saturated heterocycles. The topological polar surface area (TPSA) is 60.2 Å². The molecule has 2 aliphatic heterocycles. The molecule has 0 aromatic carbocycles. The Morgan fingerprint density at radius 3 is 3.00 bits per heavy atom. The number of aromatic nitrogens is 2. The van der Waals surface area contributed by atoms with Crippen molar-refractivity contribution >= 4 is 0 Å². The fraction of sp³-hybridized carbons (Fsp3) is 0.846. The molecular weight excluding hydrogens is 230 g/mol. The Kier molecular flexibility index (Phi) is 3.90. The molecule has 2 atom stereocenters. The van der Waals surface area contributed by atoms with E-state index in [1.165, 1.54) is 19.3 Å². The summed E-state index contributed by atoms with van der Waals surface area (Å²) in [5.74, 6) is 1.91. The van der Waals surface area contributed by atoms with E-state index in [-0.39, 0.29) is 6.04 Å². The van der Waals surface area contributed by atoms with Crippen molar-refractivity contribution in [1.29, 1.82) is 0 Å². The number of hydrogen-bond donors (Lipinski definition) is 1. The fourth-order valence-corrected chi connectivity index (χ4v) is 2.74. The molecule has 0 bridgehead atoms. The summed E-state index contributed by atoms with van der Waals surface area (Å²) in [7, 11) is 0. The molecule has 2 aliphatic rings. The largest absolute Gasteiger partial charge is 0.381 e. The Bertz CT molecular complexity index is 366. The third-order valence-electron chi connectivity index (χ3n) is 3.84. The predicted octanol–water partition coefficient (Wildman–Crippen LogP) is 2.17. The molecule has 3 rings (SSSR count). The van der Waals surface area contributed by atoms with Crippen molar-refractivity contribution in [3.63, 3.8) is 0 Å². The molecule has 5 nitrogen and oxygen atoms in total. The van der Waals surface area contributed by atoms with Gasteiger partial charge in [-0.25, -0.2) is 0 Å². The summed E-state index contributed by atoms with van der Waals surface area (Å²) in [6, 6.07) is 0.248. The van der Waals surface area contributed by atoms with Crippen molar-refractivity contribution in [2.24, 2.45) is 0 Å². The third kappa shape index (κ3) is 2.72. The second-order valence-electron chi connectivity index (χ2n) is 5.26. The molecule has 5 heteroatoms. The van der Waals surface area contributed by atoms with E-state index in [0.29, 0.717) is 5.92 Å². The van der Waals surface area contributed by atoms with Crippen molar-refractivity contribution in [2.45, 2.75) is 50.5 Å². The van der Waals surface area contributed by atoms with Gasteiger partial charge in [-0.05, 0) is 32.2 Å². The lowest BCUT2D eigenvalue weighted by Gasteiger charge is -2.18. The van der Waals surface area contributed by atoms with E-state index < -0.39 is 0 Å². The Balaban J connectivity index is 1.67. The second kappa shape index (κ2) is 5.80. The number of rotatable bonds is 2. The van der Waals surface area contributed by atoms with Gasteiger partial charge in [0.2, 0.25) is 5.89 Å². The highest BCUT2D eigenvalue weighted by atomic mass is 16.5. The van der Waals surface area contributed by atoms with Crippen LogP contribution in [0, 0.1) is 0 Å². The van der Waals surface area contributed by atoms with Crippen molar-refractivity contribution < 1.29 is 9.26 Å². The van der Waals surface area contributed by atoms with Crippen LogP contribution in [-0.4, -0.2) is 29.9 Å². The van der Waals surface area contributed by atoms with Crippen LogP contribution in [0.15, 0.2) is 4.52 Å². The first-order chi connectivity index (χ1) is 8.93. The van der Waals surface area contributed by atoms with Crippen molar-refractivity contribution in [3.05, 3.63) is 11.7 Å². The quantitative estimate of drug-likeness (QED) is 0.873. The third-order valence-corrected chi connectivity index (χ3v) is 3.84. The lowest BCUT2D eigenvalue weighted by atomic mass is 10.0. The maximum absolute atomic E-state index is 5.47. The van der Waals surface area contributed by atoms with E-state index in [9.17, 15) is 0 Å². The van der Waals surface area contributed by atoms with E-state index >= 15 is 0 Å². The minimum absolute atomic E-state index is 0.248. The minimum Gasteiger partial charge on any atom is -0.381 e. The highest BCUT2D eigenvalue weighted by Crippen LogP contribution is 2.26. The maximum atomic E-state index is 5.47. The summed E-state index contributed by atoms with van der Waals surface area (Å²) in [5, 5.41) is 7.63. The van der Waals surface area contributed by atoms with Crippen LogP contribution in [-0.2, 0) is 4.74 Å². The Morgan fingerprint density at radius 1 is 1.11 bits per heavy atom. The van der Waals surface area contributed by atoms with Crippen LogP contribution >= 0.6 is 0 Å². The van der Waals surface area contributed by atoms with Gasteiger partial charge >= 0.3 is 0 Å². The lowest BCUT2D eigenvalue weighted by molar-refractivity contribution is 0.0773. The summed E-state index contributed by atoms with van der Waals surface area (Å²) in [6.07, 6.45) is 7.08. The molecule has 0 aliphatic carbocycles. The smallest absolute Gasteiger partial charge is 0.243 e. The molecule has 1 aromatic rings. The maximum Gasteiger partial charge on any atom is 0.243 e. The first-order valence-corrected chi connectivity index (χ1v) is 7.08. The first-order valence-electron chi connectivity index (χ1n) is 7.08. The molecule has 2 fully saturated rings. The van der Waals surface area contributed by atoms with E-state index in [1.54, 1.807) is 0 Å². The fourth-order valence-electron chi connectivity index (χ4n) is 2.74. The van der Waals surface area contributed by atoms with Crippen LogP contribution in [0.3, 0.4) is 0 Å². The van der Waals surface area contributed by atoms with Crippen LogP contribution < -0.4 is 5.32 Å². The first kappa shape index (κ1) is 12.1. The Labute approximate surface area is 107 Å². The molecular formula is C13H21N3O2. The normalized spacial score (nSPS) is 30.0. The molecule has 3 heterocycles. The number of ether oxygens (including phenoxy) is 1. The predicted molar refractivity (Wildman–Crippen MR) is 66.3 cm³/mol. The summed E-state index contributed by atoms with van der Waals surface area (Å²) in [4.78, 5) is 4.58. The number of hydrogen-bond acceptors (Lipinski definition) is 5. The van der Waals surface area contributed by atoms with Gasteiger partial charge in [-0.2, -0.15) is 4.98 Å². The zero-order valence-corrected chi connectivity index (χ0v) is 10.7. The monoisotopic (exact) mass is 251 g/mol. The zero-order valence-electron chi connectivity index (χ0n) is 10.7. The minimum atomic E-state index is 0.248. The lowest BCUT2D eigenvalue weighted by Crippen LogP contribution is -2.21. The average Bonchev–Trinajstić information content (AvgIpc) is 2.76. The second-order valence-corrected chi connectivity index (χ2v) is 5.26. The summed E-state index contributed by atoms with van der Waals surface area (Å²) < 4.78 is 10.9. The number of nitrogens with zero attached hydrogens (tertiary/aromatic N) is 2. The molecule has 0 radical (unpaired) electrons. The molecule has 0 spiro atoms. The summed E-state index contributed by atoms with van der Waals surface area (Å²) >= 11 is 0. The standard InChI is InChI=1S/C13H21N3O2/c1-2-6-11(14-7-3-1)13-15-12(16-18-13)10-5-4-8-17-9-10/h10-11,14H,1-9H2. The van der Waals surface area contributed by atoms with Crippen molar-refractivity contribution in [1.82, 2.24) is 15.5 Å². The SMILES string of the molecule is C1CCNC(c2nc(C3CCCOC3)no2)CC1. The van der Waals surface area contributed by atoms with Crippen molar-refractivity contribution in [2.75, 3.05) is 19.8 Å². The molecule has 1 aromatic heterocycles. The molecule has 0 saturated carbocycles. The molecule has 2 unspecified atom stereocenters. The molecule has 100 valence electrons. The molecule has 0 amide bonds.